The molecule has 16 heavy (non-hydrogen) atoms. The molecule has 0 aromatic carbocycles. The maximum atomic E-state index is 9.57. The molecule has 5 nitrogen and oxygen atoms in total. The number of hydrogen-bond donors (Lipinski definition) is 2. The second kappa shape index (κ2) is 5.27. The number of imidazole rings is 1. The van der Waals surface area contributed by atoms with Crippen molar-refractivity contribution in [2.75, 3.05) is 19.0 Å². The van der Waals surface area contributed by atoms with Gasteiger partial charge in [-0.2, -0.15) is 0 Å². The Morgan fingerprint density at radius 1 is 1.81 bits per heavy atom. The van der Waals surface area contributed by atoms with Crippen LogP contribution in [0.25, 0.3) is 0 Å². The van der Waals surface area contributed by atoms with E-state index >= 15 is 0 Å². The monoisotopic (exact) mass is 242 g/mol. The summed E-state index contributed by atoms with van der Waals surface area (Å²) in [6, 6.07) is -0.160. The van der Waals surface area contributed by atoms with E-state index in [2.05, 4.69) is 11.6 Å². The molecule has 0 fully saturated rings. The molecule has 1 rings (SSSR count). The van der Waals surface area contributed by atoms with Gasteiger partial charge in [-0.1, -0.05) is 18.5 Å². The number of nitrogen functional groups attached to an aromatic ring is 1. The van der Waals surface area contributed by atoms with Gasteiger partial charge in [-0.15, -0.1) is 0 Å². The van der Waals surface area contributed by atoms with Crippen molar-refractivity contribution in [3.8, 4) is 0 Å². The SMILES string of the molecule is C=C(O)[C@H](Cc1c(N)ncn1C)N(C)SC. The summed E-state index contributed by atoms with van der Waals surface area (Å²) in [4.78, 5) is 4.02. The predicted octanol–water partition coefficient (Wildman–Crippen LogP) is 1.19. The zero-order valence-corrected chi connectivity index (χ0v) is 10.7. The molecule has 0 spiro atoms. The maximum absolute atomic E-state index is 9.57. The van der Waals surface area contributed by atoms with E-state index in [1.165, 1.54) is 11.9 Å². The van der Waals surface area contributed by atoms with Gasteiger partial charge in [0.2, 0.25) is 0 Å². The van der Waals surface area contributed by atoms with E-state index in [0.29, 0.717) is 12.2 Å². The van der Waals surface area contributed by atoms with Crippen LogP contribution in [0, 0.1) is 0 Å². The number of aromatic nitrogens is 2. The molecule has 0 aliphatic rings. The summed E-state index contributed by atoms with van der Waals surface area (Å²) in [5.41, 5.74) is 6.67. The van der Waals surface area contributed by atoms with Crippen LogP contribution in [-0.4, -0.2) is 38.3 Å². The van der Waals surface area contributed by atoms with Crippen LogP contribution in [0.3, 0.4) is 0 Å². The quantitative estimate of drug-likeness (QED) is 0.600. The molecular formula is C10H18N4OS. The first-order valence-corrected chi connectivity index (χ1v) is 6.06. The van der Waals surface area contributed by atoms with Gasteiger partial charge >= 0.3 is 0 Å². The number of aryl methyl sites for hydroxylation is 1. The first-order valence-electron chi connectivity index (χ1n) is 4.87. The molecule has 1 heterocycles. The van der Waals surface area contributed by atoms with Gasteiger partial charge < -0.3 is 15.4 Å². The summed E-state index contributed by atoms with van der Waals surface area (Å²) in [5, 5.41) is 9.57. The van der Waals surface area contributed by atoms with Crippen molar-refractivity contribution in [3.05, 3.63) is 24.4 Å². The third-order valence-corrected chi connectivity index (χ3v) is 3.42. The van der Waals surface area contributed by atoms with E-state index in [1.54, 1.807) is 6.33 Å². The average molecular weight is 242 g/mol. The van der Waals surface area contributed by atoms with Crippen molar-refractivity contribution < 1.29 is 5.11 Å². The van der Waals surface area contributed by atoms with Crippen LogP contribution in [0.2, 0.25) is 0 Å². The summed E-state index contributed by atoms with van der Waals surface area (Å²) in [6.07, 6.45) is 4.21. The average Bonchev–Trinajstić information content (AvgIpc) is 2.54. The second-order valence-electron chi connectivity index (χ2n) is 3.63. The highest BCUT2D eigenvalue weighted by Crippen LogP contribution is 2.20. The van der Waals surface area contributed by atoms with E-state index in [0.717, 1.165) is 5.69 Å². The van der Waals surface area contributed by atoms with Gasteiger partial charge in [-0.25, -0.2) is 9.29 Å². The summed E-state index contributed by atoms with van der Waals surface area (Å²) in [7, 11) is 3.79. The number of aliphatic hydroxyl groups is 1. The normalized spacial score (nSPS) is 13.0. The van der Waals surface area contributed by atoms with Crippen molar-refractivity contribution in [2.45, 2.75) is 12.5 Å². The molecule has 3 N–H and O–H groups in total. The molecule has 0 aliphatic heterocycles. The molecule has 0 radical (unpaired) electrons. The fraction of sp³-hybridized carbons (Fsp3) is 0.500. The lowest BCUT2D eigenvalue weighted by Crippen LogP contribution is -2.30. The van der Waals surface area contributed by atoms with E-state index < -0.39 is 0 Å². The Kier molecular flexibility index (Phi) is 4.26. The zero-order chi connectivity index (χ0) is 12.3. The Hall–Kier alpha value is -1.14. The van der Waals surface area contributed by atoms with Gasteiger partial charge in [-0.05, 0) is 13.3 Å². The van der Waals surface area contributed by atoms with Gasteiger partial charge in [0, 0.05) is 13.5 Å². The van der Waals surface area contributed by atoms with Gasteiger partial charge in [0.1, 0.15) is 11.6 Å². The van der Waals surface area contributed by atoms with Crippen molar-refractivity contribution >= 4 is 17.8 Å². The van der Waals surface area contributed by atoms with Crippen LogP contribution in [0.15, 0.2) is 18.7 Å². The molecule has 0 amide bonds. The van der Waals surface area contributed by atoms with Crippen LogP contribution in [0.1, 0.15) is 5.69 Å². The van der Waals surface area contributed by atoms with Crippen molar-refractivity contribution in [1.82, 2.24) is 13.9 Å². The minimum atomic E-state index is -0.160. The minimum Gasteiger partial charge on any atom is -0.511 e. The summed E-state index contributed by atoms with van der Waals surface area (Å²) >= 11 is 1.54. The highest BCUT2D eigenvalue weighted by Gasteiger charge is 2.21. The molecule has 0 aliphatic carbocycles. The van der Waals surface area contributed by atoms with E-state index in [4.69, 9.17) is 5.73 Å². The Balaban J connectivity index is 2.88. The lowest BCUT2D eigenvalue weighted by molar-refractivity contribution is 0.298. The van der Waals surface area contributed by atoms with E-state index in [9.17, 15) is 5.11 Å². The Morgan fingerprint density at radius 2 is 2.44 bits per heavy atom. The number of hydrogen-bond acceptors (Lipinski definition) is 5. The number of rotatable bonds is 5. The van der Waals surface area contributed by atoms with Gasteiger partial charge in [0.15, 0.2) is 0 Å². The number of nitrogens with zero attached hydrogens (tertiary/aromatic N) is 3. The largest absolute Gasteiger partial charge is 0.511 e. The Morgan fingerprint density at radius 3 is 2.81 bits per heavy atom. The highest BCUT2D eigenvalue weighted by molar-refractivity contribution is 7.96. The molecule has 0 saturated carbocycles. The maximum Gasteiger partial charge on any atom is 0.144 e. The number of nitrogens with two attached hydrogens (primary N) is 1. The molecule has 1 aromatic rings. The summed E-state index contributed by atoms with van der Waals surface area (Å²) in [6.45, 7) is 3.59. The molecule has 6 heteroatoms. The van der Waals surface area contributed by atoms with Crippen molar-refractivity contribution in [2.24, 2.45) is 7.05 Å². The fourth-order valence-electron chi connectivity index (χ4n) is 1.49. The topological polar surface area (TPSA) is 67.3 Å². The molecule has 0 unspecified atom stereocenters. The molecule has 1 atom stereocenters. The van der Waals surface area contributed by atoms with Crippen LogP contribution in [0.4, 0.5) is 5.82 Å². The number of anilines is 1. The van der Waals surface area contributed by atoms with Crippen LogP contribution in [0.5, 0.6) is 0 Å². The molecule has 90 valence electrons. The predicted molar refractivity (Wildman–Crippen MR) is 68.2 cm³/mol. The van der Waals surface area contributed by atoms with E-state index in [1.807, 2.05) is 29.2 Å². The fourth-order valence-corrected chi connectivity index (χ4v) is 1.94. The zero-order valence-electron chi connectivity index (χ0n) is 9.84. The smallest absolute Gasteiger partial charge is 0.144 e. The van der Waals surface area contributed by atoms with E-state index in [-0.39, 0.29) is 11.8 Å². The first kappa shape index (κ1) is 12.9. The third kappa shape index (κ3) is 2.70. The summed E-state index contributed by atoms with van der Waals surface area (Å²) in [5.74, 6) is 0.640. The molecule has 1 aromatic heterocycles. The van der Waals surface area contributed by atoms with Crippen LogP contribution < -0.4 is 5.73 Å². The van der Waals surface area contributed by atoms with Gasteiger partial charge in [0.25, 0.3) is 0 Å². The van der Waals surface area contributed by atoms with Crippen molar-refractivity contribution in [1.29, 1.82) is 0 Å². The van der Waals surface area contributed by atoms with Gasteiger partial charge in [0.05, 0.1) is 18.1 Å². The lowest BCUT2D eigenvalue weighted by atomic mass is 10.1. The van der Waals surface area contributed by atoms with Crippen molar-refractivity contribution in [3.63, 3.8) is 0 Å². The van der Waals surface area contributed by atoms with Crippen LogP contribution in [-0.2, 0) is 13.5 Å². The number of aliphatic hydroxyl groups excluding tert-OH is 1. The Labute approximate surface area is 100 Å². The number of likely N-dealkylation sites (N-methyl/N-ethyl adjacent to an activating group) is 1. The first-order chi connectivity index (χ1) is 7.47. The third-order valence-electron chi connectivity index (χ3n) is 2.59. The Bertz CT molecular complexity index is 357. The summed E-state index contributed by atoms with van der Waals surface area (Å²) < 4.78 is 3.80. The lowest BCUT2D eigenvalue weighted by Gasteiger charge is -2.24. The standard InChI is InChI=1S/C10H18N4OS/c1-7(15)8(14(3)16-4)5-9-10(11)12-6-13(9)2/h6,8,15H,1,5,11H2,2-4H3/t8-/m0/s1. The molecular weight excluding hydrogens is 224 g/mol. The molecule has 0 saturated heterocycles. The van der Waals surface area contributed by atoms with Gasteiger partial charge in [-0.3, -0.25) is 0 Å². The van der Waals surface area contributed by atoms with Crippen LogP contribution >= 0.6 is 11.9 Å². The second-order valence-corrected chi connectivity index (χ2v) is 4.57. The minimum absolute atomic E-state index is 0.137. The molecule has 0 bridgehead atoms. The highest BCUT2D eigenvalue weighted by atomic mass is 32.2.